The van der Waals surface area contributed by atoms with Crippen LogP contribution in [0, 0.1) is 12.7 Å². The molecule has 2 heterocycles. The Labute approximate surface area is 134 Å². The van der Waals surface area contributed by atoms with Crippen molar-refractivity contribution in [1.82, 2.24) is 9.88 Å². The Morgan fingerprint density at radius 1 is 1.39 bits per heavy atom. The molecule has 0 saturated carbocycles. The van der Waals surface area contributed by atoms with Gasteiger partial charge in [0.2, 0.25) is 10.0 Å². The summed E-state index contributed by atoms with van der Waals surface area (Å²) in [6.45, 7) is 2.50. The third-order valence-electron chi connectivity index (χ3n) is 4.05. The molecule has 124 valence electrons. The molecule has 1 atom stereocenters. The summed E-state index contributed by atoms with van der Waals surface area (Å²) in [5, 5.41) is 4.03. The number of benzene rings is 1. The van der Waals surface area contributed by atoms with Gasteiger partial charge in [0, 0.05) is 12.6 Å². The van der Waals surface area contributed by atoms with Gasteiger partial charge in [-0.05, 0) is 45.0 Å². The Balaban J connectivity index is 1.95. The van der Waals surface area contributed by atoms with E-state index in [0.717, 1.165) is 24.6 Å². The highest BCUT2D eigenvalue weighted by molar-refractivity contribution is 7.89. The van der Waals surface area contributed by atoms with E-state index >= 15 is 0 Å². The number of nitrogens with zero attached hydrogens (tertiary/aromatic N) is 2. The molecule has 0 aliphatic carbocycles. The number of aromatic nitrogens is 1. The van der Waals surface area contributed by atoms with Crippen molar-refractivity contribution in [2.75, 3.05) is 18.5 Å². The average Bonchev–Trinajstić information content (AvgIpc) is 3.15. The highest BCUT2D eigenvalue weighted by Gasteiger charge is 2.30. The number of hydrogen-bond acceptors (Lipinski definition) is 5. The zero-order valence-corrected chi connectivity index (χ0v) is 13.7. The fourth-order valence-electron chi connectivity index (χ4n) is 2.91. The lowest BCUT2D eigenvalue weighted by atomic mass is 10.1. The molecule has 23 heavy (non-hydrogen) atoms. The zero-order chi connectivity index (χ0) is 16.6. The van der Waals surface area contributed by atoms with E-state index in [1.54, 1.807) is 0 Å². The molecule has 0 bridgehead atoms. The van der Waals surface area contributed by atoms with Gasteiger partial charge in [-0.1, -0.05) is 5.16 Å². The van der Waals surface area contributed by atoms with Crippen LogP contribution in [0.15, 0.2) is 33.7 Å². The first kappa shape index (κ1) is 15.9. The minimum atomic E-state index is -3.66. The molecule has 1 saturated heterocycles. The van der Waals surface area contributed by atoms with E-state index in [9.17, 15) is 12.8 Å². The van der Waals surface area contributed by atoms with Crippen LogP contribution in [-0.4, -0.2) is 27.2 Å². The van der Waals surface area contributed by atoms with E-state index < -0.39 is 15.8 Å². The second kappa shape index (κ2) is 5.93. The van der Waals surface area contributed by atoms with Crippen LogP contribution in [0.3, 0.4) is 0 Å². The number of rotatable bonds is 4. The molecule has 0 radical (unpaired) electrons. The Kier molecular flexibility index (Phi) is 4.11. The monoisotopic (exact) mass is 339 g/mol. The van der Waals surface area contributed by atoms with E-state index in [1.165, 1.54) is 19.2 Å². The lowest BCUT2D eigenvalue weighted by molar-refractivity contribution is 0.385. The summed E-state index contributed by atoms with van der Waals surface area (Å²) in [6, 6.07) is 5.75. The van der Waals surface area contributed by atoms with E-state index in [4.69, 9.17) is 4.52 Å². The summed E-state index contributed by atoms with van der Waals surface area (Å²) in [7, 11) is -2.36. The Morgan fingerprint density at radius 2 is 2.17 bits per heavy atom. The van der Waals surface area contributed by atoms with Crippen molar-refractivity contribution in [3.05, 3.63) is 41.5 Å². The van der Waals surface area contributed by atoms with Crippen LogP contribution in [0.5, 0.6) is 0 Å². The summed E-state index contributed by atoms with van der Waals surface area (Å²) in [6.07, 6.45) is 1.76. The van der Waals surface area contributed by atoms with Gasteiger partial charge in [-0.3, -0.25) is 0 Å². The predicted molar refractivity (Wildman–Crippen MR) is 83.2 cm³/mol. The quantitative estimate of drug-likeness (QED) is 0.925. The van der Waals surface area contributed by atoms with Crippen molar-refractivity contribution in [3.63, 3.8) is 0 Å². The molecule has 8 heteroatoms. The molecule has 6 nitrogen and oxygen atoms in total. The molecule has 1 aliphatic heterocycles. The van der Waals surface area contributed by atoms with Gasteiger partial charge in [0.25, 0.3) is 0 Å². The van der Waals surface area contributed by atoms with Crippen LogP contribution in [0.2, 0.25) is 0 Å². The topological polar surface area (TPSA) is 75.4 Å². The first-order valence-electron chi connectivity index (χ1n) is 7.35. The Hall–Kier alpha value is -1.93. The number of halogens is 1. The normalized spacial score (nSPS) is 18.6. The largest absolute Gasteiger partial charge is 0.361 e. The molecule has 1 aromatic heterocycles. The number of aryl methyl sites for hydroxylation is 1. The third kappa shape index (κ3) is 2.96. The van der Waals surface area contributed by atoms with Crippen LogP contribution in [-0.2, 0) is 10.0 Å². The summed E-state index contributed by atoms with van der Waals surface area (Å²) in [5.41, 5.74) is 1.15. The van der Waals surface area contributed by atoms with Gasteiger partial charge in [-0.25, -0.2) is 17.5 Å². The maximum Gasteiger partial charge on any atom is 0.240 e. The summed E-state index contributed by atoms with van der Waals surface area (Å²) in [4.78, 5) is 1.82. The summed E-state index contributed by atoms with van der Waals surface area (Å²) in [5.74, 6) is 0.149. The smallest absolute Gasteiger partial charge is 0.240 e. The molecule has 1 aliphatic rings. The van der Waals surface area contributed by atoms with Crippen LogP contribution in [0.1, 0.15) is 30.3 Å². The van der Waals surface area contributed by atoms with Crippen molar-refractivity contribution in [3.8, 4) is 0 Å². The average molecular weight is 339 g/mol. The van der Waals surface area contributed by atoms with E-state index in [2.05, 4.69) is 9.88 Å². The minimum absolute atomic E-state index is 0.0614. The fourth-order valence-corrected chi connectivity index (χ4v) is 3.65. The van der Waals surface area contributed by atoms with Crippen molar-refractivity contribution in [1.29, 1.82) is 0 Å². The maximum atomic E-state index is 14.5. The molecule has 2 aromatic rings. The van der Waals surface area contributed by atoms with Crippen LogP contribution in [0.25, 0.3) is 0 Å². The van der Waals surface area contributed by atoms with Gasteiger partial charge in [0.1, 0.15) is 17.3 Å². The van der Waals surface area contributed by atoms with Crippen molar-refractivity contribution in [2.45, 2.75) is 30.7 Å². The molecule has 1 unspecified atom stereocenters. The van der Waals surface area contributed by atoms with Gasteiger partial charge in [0.15, 0.2) is 0 Å². The van der Waals surface area contributed by atoms with Crippen LogP contribution < -0.4 is 9.62 Å². The van der Waals surface area contributed by atoms with E-state index in [1.807, 2.05) is 17.9 Å². The second-order valence-electron chi connectivity index (χ2n) is 5.53. The fraction of sp³-hybridized carbons (Fsp3) is 0.400. The molecule has 1 aromatic carbocycles. The van der Waals surface area contributed by atoms with Gasteiger partial charge in [0.05, 0.1) is 16.6 Å². The number of anilines is 1. The molecule has 0 spiro atoms. The molecular weight excluding hydrogens is 321 g/mol. The van der Waals surface area contributed by atoms with Gasteiger partial charge in [-0.15, -0.1) is 0 Å². The number of hydrogen-bond donors (Lipinski definition) is 1. The zero-order valence-electron chi connectivity index (χ0n) is 12.9. The molecule has 1 fully saturated rings. The summed E-state index contributed by atoms with van der Waals surface area (Å²) < 4.78 is 45.3. The standard InChI is InChI=1S/C15H18FN3O3S/c1-10-8-13(18-22-10)15-4-3-7-19(15)14-6-5-11(9-12(14)16)23(20,21)17-2/h5-6,8-9,15,17H,3-4,7H2,1-2H3. The molecule has 0 amide bonds. The lowest BCUT2D eigenvalue weighted by Crippen LogP contribution is -2.24. The van der Waals surface area contributed by atoms with Crippen molar-refractivity contribution >= 4 is 15.7 Å². The molecular formula is C15H18FN3O3S. The second-order valence-corrected chi connectivity index (χ2v) is 7.42. The summed E-state index contributed by atoms with van der Waals surface area (Å²) >= 11 is 0. The highest BCUT2D eigenvalue weighted by atomic mass is 32.2. The third-order valence-corrected chi connectivity index (χ3v) is 5.46. The number of nitrogens with one attached hydrogen (secondary N) is 1. The minimum Gasteiger partial charge on any atom is -0.361 e. The van der Waals surface area contributed by atoms with Crippen molar-refractivity contribution < 1.29 is 17.3 Å². The SMILES string of the molecule is CNS(=O)(=O)c1ccc(N2CCCC2c2cc(C)on2)c(F)c1. The molecule has 1 N–H and O–H groups in total. The van der Waals surface area contributed by atoms with E-state index in [0.29, 0.717) is 18.0 Å². The first-order valence-corrected chi connectivity index (χ1v) is 8.83. The van der Waals surface area contributed by atoms with E-state index in [-0.39, 0.29) is 10.9 Å². The maximum absolute atomic E-state index is 14.5. The Morgan fingerprint density at radius 3 is 2.78 bits per heavy atom. The van der Waals surface area contributed by atoms with Crippen LogP contribution >= 0.6 is 0 Å². The first-order chi connectivity index (χ1) is 10.9. The van der Waals surface area contributed by atoms with Crippen molar-refractivity contribution in [2.24, 2.45) is 0 Å². The molecule has 3 rings (SSSR count). The highest BCUT2D eigenvalue weighted by Crippen LogP contribution is 2.37. The van der Waals surface area contributed by atoms with Gasteiger partial charge < -0.3 is 9.42 Å². The number of sulfonamides is 1. The van der Waals surface area contributed by atoms with Crippen LogP contribution in [0.4, 0.5) is 10.1 Å². The van der Waals surface area contributed by atoms with Gasteiger partial charge >= 0.3 is 0 Å². The Bertz CT molecular complexity index is 819. The predicted octanol–water partition coefficient (Wildman–Crippen LogP) is 2.37. The lowest BCUT2D eigenvalue weighted by Gasteiger charge is -2.25. The van der Waals surface area contributed by atoms with Gasteiger partial charge in [-0.2, -0.15) is 0 Å².